The van der Waals surface area contributed by atoms with E-state index in [2.05, 4.69) is 4.90 Å². The Morgan fingerprint density at radius 2 is 1.64 bits per heavy atom. The molecule has 1 heterocycles. The average Bonchev–Trinajstić information content (AvgIpc) is 3.48. The molecule has 1 saturated heterocycles. The molecule has 0 N–H and O–H groups in total. The lowest BCUT2D eigenvalue weighted by Crippen LogP contribution is -2.53. The van der Waals surface area contributed by atoms with Crippen LogP contribution >= 0.6 is 11.8 Å². The van der Waals surface area contributed by atoms with Crippen molar-refractivity contribution < 1.29 is 18.0 Å². The zero-order valence-corrected chi connectivity index (χ0v) is 19.7. The smallest absolute Gasteiger partial charge is 0.327 e. The monoisotopic (exact) mass is 477 g/mol. The number of halogens is 3. The summed E-state index contributed by atoms with van der Waals surface area (Å²) in [6, 6.07) is 5.36. The van der Waals surface area contributed by atoms with Crippen molar-refractivity contribution in [3.05, 3.63) is 29.8 Å². The molecule has 1 aromatic rings. The van der Waals surface area contributed by atoms with Crippen LogP contribution in [0.25, 0.3) is 0 Å². The summed E-state index contributed by atoms with van der Waals surface area (Å²) < 4.78 is 39.2. The predicted molar refractivity (Wildman–Crippen MR) is 124 cm³/mol. The van der Waals surface area contributed by atoms with E-state index in [0.717, 1.165) is 47.9 Å². The summed E-state index contributed by atoms with van der Waals surface area (Å²) in [5.74, 6) is 3.00. The third-order valence-corrected chi connectivity index (χ3v) is 9.32. The van der Waals surface area contributed by atoms with Gasteiger partial charge in [-0.2, -0.15) is 13.2 Å². The summed E-state index contributed by atoms with van der Waals surface area (Å²) in [7, 11) is 0. The highest BCUT2D eigenvalue weighted by molar-refractivity contribution is 8.14. The molecule has 6 fully saturated rings. The average molecular weight is 478 g/mol. The Kier molecular flexibility index (Phi) is 5.06. The van der Waals surface area contributed by atoms with Gasteiger partial charge in [-0.3, -0.25) is 14.7 Å². The van der Waals surface area contributed by atoms with Crippen molar-refractivity contribution in [1.29, 1.82) is 0 Å². The second-order valence-electron chi connectivity index (χ2n) is 10.9. The van der Waals surface area contributed by atoms with Crippen molar-refractivity contribution >= 4 is 28.5 Å². The van der Waals surface area contributed by atoms with E-state index < -0.39 is 11.7 Å². The van der Waals surface area contributed by atoms with Gasteiger partial charge in [0.05, 0.1) is 11.1 Å². The van der Waals surface area contributed by atoms with Crippen molar-refractivity contribution in [3.8, 4) is 0 Å². The van der Waals surface area contributed by atoms with Crippen LogP contribution in [0.5, 0.6) is 0 Å². The van der Waals surface area contributed by atoms with Crippen LogP contribution in [-0.2, 0) is 11.0 Å². The first-order valence-corrected chi connectivity index (χ1v) is 13.2. The quantitative estimate of drug-likeness (QED) is 0.540. The largest absolute Gasteiger partial charge is 0.416 e. The molecule has 8 heteroatoms. The van der Waals surface area contributed by atoms with Gasteiger partial charge < -0.3 is 4.90 Å². The highest BCUT2D eigenvalue weighted by atomic mass is 32.2. The van der Waals surface area contributed by atoms with E-state index in [1.54, 1.807) is 16.7 Å². The van der Waals surface area contributed by atoms with Crippen molar-refractivity contribution in [1.82, 2.24) is 4.90 Å². The Morgan fingerprint density at radius 3 is 2.12 bits per heavy atom. The molecular formula is C25H30F3N3OS. The minimum Gasteiger partial charge on any atom is -0.327 e. The number of amides is 1. The van der Waals surface area contributed by atoms with Crippen LogP contribution in [0.1, 0.15) is 63.9 Å². The number of alkyl halides is 3. The Balaban J connectivity index is 1.30. The van der Waals surface area contributed by atoms with E-state index >= 15 is 0 Å². The minimum atomic E-state index is -4.39. The van der Waals surface area contributed by atoms with Crippen molar-refractivity contribution in [3.63, 3.8) is 0 Å². The molecule has 178 valence electrons. The Morgan fingerprint density at radius 1 is 1.06 bits per heavy atom. The second-order valence-corrected chi connectivity index (χ2v) is 11.9. The molecule has 4 bridgehead atoms. The summed E-state index contributed by atoms with van der Waals surface area (Å²) >= 11 is 1.73. The molecule has 6 aliphatic rings. The molecule has 0 radical (unpaired) electrons. The van der Waals surface area contributed by atoms with Gasteiger partial charge in [-0.15, -0.1) is 0 Å². The van der Waals surface area contributed by atoms with E-state index in [9.17, 15) is 18.0 Å². The number of hydrogen-bond acceptors (Lipinski definition) is 3. The van der Waals surface area contributed by atoms with Gasteiger partial charge in [0, 0.05) is 24.4 Å². The van der Waals surface area contributed by atoms with Crippen LogP contribution in [0.3, 0.4) is 0 Å². The number of carbonyl (C=O) groups excluding carboxylic acids is 1. The fourth-order valence-electron chi connectivity index (χ4n) is 7.25. The first kappa shape index (κ1) is 21.8. The third-order valence-electron chi connectivity index (χ3n) is 8.29. The molecule has 1 atom stereocenters. The van der Waals surface area contributed by atoms with Gasteiger partial charge in [-0.25, -0.2) is 0 Å². The summed E-state index contributed by atoms with van der Waals surface area (Å²) in [4.78, 5) is 22.2. The van der Waals surface area contributed by atoms with Gasteiger partial charge in [0.25, 0.3) is 0 Å². The highest BCUT2D eigenvalue weighted by Crippen LogP contribution is 2.58. The zero-order chi connectivity index (χ0) is 23.0. The topological polar surface area (TPSA) is 35.9 Å². The van der Waals surface area contributed by atoms with Crippen LogP contribution in [0.2, 0.25) is 0 Å². The number of thioether (sulfide) groups is 1. The van der Waals surface area contributed by atoms with Crippen molar-refractivity contribution in [2.45, 2.75) is 82.2 Å². The molecule has 1 amide bonds. The summed E-state index contributed by atoms with van der Waals surface area (Å²) in [5.41, 5.74) is -0.115. The number of anilines is 1. The lowest BCUT2D eigenvalue weighted by molar-refractivity contribution is -0.137. The van der Waals surface area contributed by atoms with E-state index in [4.69, 9.17) is 4.99 Å². The molecule has 33 heavy (non-hydrogen) atoms. The van der Waals surface area contributed by atoms with Crippen LogP contribution in [0.15, 0.2) is 29.3 Å². The molecule has 5 saturated carbocycles. The van der Waals surface area contributed by atoms with E-state index in [-0.39, 0.29) is 17.6 Å². The molecule has 7 rings (SSSR count). The standard InChI is InChI=1S/C25H30F3N3OS/c1-15(32)30(20-4-2-19(3-5-20)25(26,27)28)22-14-33-23(31(22)21-6-7-21)29-24-11-16-8-17(12-24)10-18(9-16)13-24/h2-5,16-18,21-22H,6-14H2,1H3. The Bertz CT molecular complexity index is 937. The predicted octanol–water partition coefficient (Wildman–Crippen LogP) is 5.92. The molecular weight excluding hydrogens is 447 g/mol. The number of aliphatic imine (C=N–C) groups is 1. The molecule has 0 aromatic heterocycles. The van der Waals surface area contributed by atoms with Crippen molar-refractivity contribution in [2.75, 3.05) is 10.7 Å². The number of amidine groups is 1. The highest BCUT2D eigenvalue weighted by Gasteiger charge is 2.53. The molecule has 0 spiro atoms. The molecule has 5 aliphatic carbocycles. The number of benzene rings is 1. The lowest BCUT2D eigenvalue weighted by atomic mass is 9.53. The van der Waals surface area contributed by atoms with Crippen LogP contribution in [0.4, 0.5) is 18.9 Å². The first-order valence-electron chi connectivity index (χ1n) is 12.2. The zero-order valence-electron chi connectivity index (χ0n) is 18.9. The van der Waals surface area contributed by atoms with Crippen LogP contribution in [0, 0.1) is 17.8 Å². The summed E-state index contributed by atoms with van der Waals surface area (Å²) in [5, 5.41) is 1.06. The maximum absolute atomic E-state index is 13.1. The van der Waals surface area contributed by atoms with Crippen LogP contribution < -0.4 is 4.90 Å². The number of hydrogen-bond donors (Lipinski definition) is 0. The summed E-state index contributed by atoms with van der Waals surface area (Å²) in [6.07, 6.45) is 5.27. The van der Waals surface area contributed by atoms with Gasteiger partial charge >= 0.3 is 6.18 Å². The Hall–Kier alpha value is -1.70. The molecule has 1 unspecified atom stereocenters. The minimum absolute atomic E-state index is 0.0640. The van der Waals surface area contributed by atoms with Gasteiger partial charge in [-0.1, -0.05) is 11.8 Å². The van der Waals surface area contributed by atoms with E-state index in [1.807, 2.05) is 0 Å². The number of carbonyl (C=O) groups is 1. The maximum atomic E-state index is 13.1. The Labute approximate surface area is 197 Å². The molecule has 1 aromatic carbocycles. The lowest BCUT2D eigenvalue weighted by Gasteiger charge is -2.55. The second kappa shape index (κ2) is 7.65. The van der Waals surface area contributed by atoms with E-state index in [0.29, 0.717) is 17.5 Å². The van der Waals surface area contributed by atoms with Gasteiger partial charge in [0.15, 0.2) is 5.17 Å². The third kappa shape index (κ3) is 3.96. The van der Waals surface area contributed by atoms with E-state index in [1.165, 1.54) is 57.6 Å². The van der Waals surface area contributed by atoms with Crippen LogP contribution in [-0.4, -0.2) is 39.5 Å². The molecule has 1 aliphatic heterocycles. The fraction of sp³-hybridized carbons (Fsp3) is 0.680. The maximum Gasteiger partial charge on any atom is 0.416 e. The first-order chi connectivity index (χ1) is 15.7. The van der Waals surface area contributed by atoms with Gasteiger partial charge in [-0.05, 0) is 93.4 Å². The number of rotatable bonds is 4. The summed E-state index contributed by atoms with van der Waals surface area (Å²) in [6.45, 7) is 1.50. The van der Waals surface area contributed by atoms with Gasteiger partial charge in [0.1, 0.15) is 6.17 Å². The number of nitrogens with zero attached hydrogens (tertiary/aromatic N) is 3. The van der Waals surface area contributed by atoms with Crippen molar-refractivity contribution in [2.24, 2.45) is 22.7 Å². The van der Waals surface area contributed by atoms with Gasteiger partial charge in [0.2, 0.25) is 5.91 Å². The normalized spacial score (nSPS) is 36.6. The SMILES string of the molecule is CC(=O)N(c1ccc(C(F)(F)F)cc1)C1CSC(=NC23CC4CC(CC(C4)C2)C3)N1C1CC1. The fourth-order valence-corrected chi connectivity index (χ4v) is 8.54. The molecule has 4 nitrogen and oxygen atoms in total.